The van der Waals surface area contributed by atoms with Crippen molar-refractivity contribution >= 4 is 17.2 Å². The predicted molar refractivity (Wildman–Crippen MR) is 100 cm³/mol. The van der Waals surface area contributed by atoms with Crippen molar-refractivity contribution in [2.24, 2.45) is 5.92 Å². The molecular formula is C21H24N2OS. The number of carbonyl (C=O) groups is 1. The molecule has 1 spiro atoms. The van der Waals surface area contributed by atoms with Crippen LogP contribution in [-0.4, -0.2) is 34.3 Å². The SMILES string of the molecule is Cc1ccccc1CN1C[C@@H]2C[C@@H](c3ccsc3)N3CCC[C@@]23C1=O. The quantitative estimate of drug-likeness (QED) is 0.834. The molecule has 0 radical (unpaired) electrons. The number of hydrogen-bond donors (Lipinski definition) is 0. The highest BCUT2D eigenvalue weighted by Gasteiger charge is 2.65. The molecule has 0 unspecified atom stereocenters. The number of rotatable bonds is 3. The van der Waals surface area contributed by atoms with Gasteiger partial charge >= 0.3 is 0 Å². The van der Waals surface area contributed by atoms with Crippen LogP contribution >= 0.6 is 11.3 Å². The Kier molecular flexibility index (Phi) is 3.54. The molecule has 1 aromatic carbocycles. The van der Waals surface area contributed by atoms with Crippen LogP contribution in [0.4, 0.5) is 0 Å². The summed E-state index contributed by atoms with van der Waals surface area (Å²) < 4.78 is 0. The smallest absolute Gasteiger partial charge is 0.243 e. The van der Waals surface area contributed by atoms with Gasteiger partial charge in [0.1, 0.15) is 5.54 Å². The van der Waals surface area contributed by atoms with Crippen molar-refractivity contribution in [2.45, 2.75) is 44.3 Å². The molecule has 1 amide bonds. The molecule has 1 aromatic heterocycles. The summed E-state index contributed by atoms with van der Waals surface area (Å²) in [6, 6.07) is 11.2. The van der Waals surface area contributed by atoms with Gasteiger partial charge in [0.2, 0.25) is 5.91 Å². The molecule has 0 saturated carbocycles. The molecule has 3 atom stereocenters. The molecule has 4 heterocycles. The van der Waals surface area contributed by atoms with Crippen LogP contribution in [0.25, 0.3) is 0 Å². The minimum atomic E-state index is -0.213. The largest absolute Gasteiger partial charge is 0.336 e. The van der Waals surface area contributed by atoms with Crippen molar-refractivity contribution in [3.05, 3.63) is 57.8 Å². The summed E-state index contributed by atoms with van der Waals surface area (Å²) >= 11 is 1.77. The fraction of sp³-hybridized carbons (Fsp3) is 0.476. The number of carbonyl (C=O) groups excluding carboxylic acids is 1. The molecule has 25 heavy (non-hydrogen) atoms. The molecule has 3 nitrogen and oxygen atoms in total. The van der Waals surface area contributed by atoms with E-state index in [4.69, 9.17) is 0 Å². The van der Waals surface area contributed by atoms with Crippen LogP contribution in [0.3, 0.4) is 0 Å². The van der Waals surface area contributed by atoms with Gasteiger partial charge in [0.05, 0.1) is 0 Å². The maximum absolute atomic E-state index is 13.5. The summed E-state index contributed by atoms with van der Waals surface area (Å²) in [5.41, 5.74) is 3.77. The molecule has 4 heteroatoms. The average Bonchev–Trinajstić information content (AvgIpc) is 3.35. The Balaban J connectivity index is 1.44. The highest BCUT2D eigenvalue weighted by molar-refractivity contribution is 7.07. The molecule has 130 valence electrons. The van der Waals surface area contributed by atoms with Gasteiger partial charge in [-0.15, -0.1) is 0 Å². The molecule has 0 bridgehead atoms. The van der Waals surface area contributed by atoms with Gasteiger partial charge < -0.3 is 4.90 Å². The van der Waals surface area contributed by atoms with Crippen LogP contribution in [0, 0.1) is 12.8 Å². The fourth-order valence-corrected chi connectivity index (χ4v) is 6.20. The fourth-order valence-electron chi connectivity index (χ4n) is 5.49. The molecular weight excluding hydrogens is 328 g/mol. The van der Waals surface area contributed by atoms with Gasteiger partial charge in [-0.05, 0) is 66.2 Å². The van der Waals surface area contributed by atoms with E-state index in [9.17, 15) is 4.79 Å². The monoisotopic (exact) mass is 352 g/mol. The third-order valence-electron chi connectivity index (χ3n) is 6.68. The zero-order valence-corrected chi connectivity index (χ0v) is 15.5. The highest BCUT2D eigenvalue weighted by Crippen LogP contribution is 2.56. The Hall–Kier alpha value is -1.65. The van der Waals surface area contributed by atoms with Gasteiger partial charge in [0, 0.05) is 25.0 Å². The molecule has 3 aliphatic rings. The standard InChI is InChI=1S/C21H24N2OS/c1-15-5-2-3-6-16(15)12-22-13-18-11-19(17-7-10-25-14-17)23-9-4-8-21(18,23)20(22)24/h2-3,5-7,10,14,18-19H,4,8-9,11-13H2,1H3/t18-,19-,21-/m0/s1. The van der Waals surface area contributed by atoms with E-state index < -0.39 is 0 Å². The Labute approximate surface area is 153 Å². The van der Waals surface area contributed by atoms with E-state index in [1.807, 2.05) is 0 Å². The lowest BCUT2D eigenvalue weighted by Gasteiger charge is -2.33. The molecule has 3 fully saturated rings. The van der Waals surface area contributed by atoms with Crippen LogP contribution in [0.5, 0.6) is 0 Å². The van der Waals surface area contributed by atoms with Crippen molar-refractivity contribution in [3.63, 3.8) is 0 Å². The van der Waals surface area contributed by atoms with Crippen LogP contribution in [-0.2, 0) is 11.3 Å². The number of hydrogen-bond acceptors (Lipinski definition) is 3. The summed E-state index contributed by atoms with van der Waals surface area (Å²) in [5, 5.41) is 4.44. The summed E-state index contributed by atoms with van der Waals surface area (Å²) in [5.74, 6) is 0.868. The zero-order valence-electron chi connectivity index (χ0n) is 14.6. The Morgan fingerprint density at radius 2 is 2.16 bits per heavy atom. The van der Waals surface area contributed by atoms with Gasteiger partial charge in [0.25, 0.3) is 0 Å². The summed E-state index contributed by atoms with van der Waals surface area (Å²) in [4.78, 5) is 18.2. The van der Waals surface area contributed by atoms with Crippen molar-refractivity contribution in [1.82, 2.24) is 9.80 Å². The van der Waals surface area contributed by atoms with Gasteiger partial charge in [-0.25, -0.2) is 0 Å². The third-order valence-corrected chi connectivity index (χ3v) is 7.38. The van der Waals surface area contributed by atoms with Crippen LogP contribution in [0.1, 0.15) is 42.0 Å². The summed E-state index contributed by atoms with van der Waals surface area (Å²) in [7, 11) is 0. The first-order valence-corrected chi connectivity index (χ1v) is 10.3. The van der Waals surface area contributed by atoms with E-state index in [-0.39, 0.29) is 5.54 Å². The zero-order chi connectivity index (χ0) is 17.0. The lowest BCUT2D eigenvalue weighted by atomic mass is 9.85. The topological polar surface area (TPSA) is 23.6 Å². The Morgan fingerprint density at radius 3 is 2.96 bits per heavy atom. The van der Waals surface area contributed by atoms with Crippen molar-refractivity contribution < 1.29 is 4.79 Å². The molecule has 3 saturated heterocycles. The van der Waals surface area contributed by atoms with Crippen LogP contribution in [0.15, 0.2) is 41.1 Å². The van der Waals surface area contributed by atoms with Gasteiger partial charge in [0.15, 0.2) is 0 Å². The minimum absolute atomic E-state index is 0.213. The van der Waals surface area contributed by atoms with Crippen LogP contribution < -0.4 is 0 Å². The van der Waals surface area contributed by atoms with Crippen molar-refractivity contribution in [2.75, 3.05) is 13.1 Å². The van der Waals surface area contributed by atoms with E-state index in [0.717, 1.165) is 38.9 Å². The highest BCUT2D eigenvalue weighted by atomic mass is 32.1. The number of thiophene rings is 1. The van der Waals surface area contributed by atoms with E-state index in [0.29, 0.717) is 17.9 Å². The Bertz CT molecular complexity index is 802. The maximum atomic E-state index is 13.5. The number of aryl methyl sites for hydroxylation is 1. The number of likely N-dealkylation sites (tertiary alicyclic amines) is 1. The normalized spacial score (nSPS) is 31.6. The van der Waals surface area contributed by atoms with E-state index >= 15 is 0 Å². The minimum Gasteiger partial charge on any atom is -0.336 e. The van der Waals surface area contributed by atoms with Crippen molar-refractivity contribution in [1.29, 1.82) is 0 Å². The lowest BCUT2D eigenvalue weighted by molar-refractivity contribution is -0.137. The number of nitrogens with zero attached hydrogens (tertiary/aromatic N) is 2. The molecule has 0 aliphatic carbocycles. The van der Waals surface area contributed by atoms with Gasteiger partial charge in [-0.3, -0.25) is 9.69 Å². The van der Waals surface area contributed by atoms with E-state index in [1.165, 1.54) is 16.7 Å². The summed E-state index contributed by atoms with van der Waals surface area (Å²) in [6.45, 7) is 4.90. The third kappa shape index (κ3) is 2.17. The lowest BCUT2D eigenvalue weighted by Crippen LogP contribution is -2.49. The number of benzene rings is 1. The first kappa shape index (κ1) is 15.6. The van der Waals surface area contributed by atoms with Gasteiger partial charge in [-0.1, -0.05) is 24.3 Å². The second kappa shape index (κ2) is 5.68. The molecule has 2 aromatic rings. The van der Waals surface area contributed by atoms with E-state index in [1.54, 1.807) is 11.3 Å². The Morgan fingerprint density at radius 1 is 1.28 bits per heavy atom. The summed E-state index contributed by atoms with van der Waals surface area (Å²) in [6.07, 6.45) is 3.33. The second-order valence-corrected chi connectivity index (χ2v) is 8.62. The van der Waals surface area contributed by atoms with Gasteiger partial charge in [-0.2, -0.15) is 11.3 Å². The van der Waals surface area contributed by atoms with Crippen molar-refractivity contribution in [3.8, 4) is 0 Å². The molecule has 0 N–H and O–H groups in total. The van der Waals surface area contributed by atoms with E-state index in [2.05, 4.69) is 57.8 Å². The maximum Gasteiger partial charge on any atom is 0.243 e. The first-order chi connectivity index (χ1) is 12.2. The molecule has 3 aliphatic heterocycles. The first-order valence-electron chi connectivity index (χ1n) is 9.33. The second-order valence-electron chi connectivity index (χ2n) is 7.84. The number of amides is 1. The van der Waals surface area contributed by atoms with Crippen LogP contribution in [0.2, 0.25) is 0 Å². The average molecular weight is 353 g/mol. The predicted octanol–water partition coefficient (Wildman–Crippen LogP) is 3.99. The molecule has 5 rings (SSSR count).